The molecule has 17 heteroatoms. The highest BCUT2D eigenvalue weighted by Crippen LogP contribution is 2.49. The molecule has 0 heterocycles. The predicted molar refractivity (Wildman–Crippen MR) is 103 cm³/mol. The van der Waals surface area contributed by atoms with Crippen LogP contribution in [0.3, 0.4) is 0 Å². The van der Waals surface area contributed by atoms with Crippen molar-refractivity contribution in [2.75, 3.05) is 11.5 Å². The van der Waals surface area contributed by atoms with Gasteiger partial charge < -0.3 is 20.9 Å². The van der Waals surface area contributed by atoms with Crippen molar-refractivity contribution >= 4 is 11.4 Å². The predicted octanol–water partition coefficient (Wildman–Crippen LogP) is 8.05. The number of ether oxygens (including phenoxy) is 2. The van der Waals surface area contributed by atoms with Gasteiger partial charge in [0.2, 0.25) is 11.6 Å². The molecule has 4 nitrogen and oxygen atoms in total. The second-order valence-electron chi connectivity index (χ2n) is 7.33. The number of rotatable bonds is 4. The van der Waals surface area contributed by atoms with E-state index in [0.29, 0.717) is 0 Å². The molecule has 0 saturated heterocycles. The van der Waals surface area contributed by atoms with E-state index in [1.807, 2.05) is 0 Å². The first-order valence-electron chi connectivity index (χ1n) is 9.49. The summed E-state index contributed by atoms with van der Waals surface area (Å²) in [4.78, 5) is 0. The van der Waals surface area contributed by atoms with E-state index in [0.717, 1.165) is 0 Å². The average Bonchev–Trinajstić information content (AvgIpc) is 2.69. The molecule has 0 radical (unpaired) electrons. The van der Waals surface area contributed by atoms with E-state index in [9.17, 15) is 52.7 Å². The van der Waals surface area contributed by atoms with Gasteiger partial charge in [0.15, 0.2) is 11.6 Å². The minimum atomic E-state index is -5.74. The van der Waals surface area contributed by atoms with Crippen molar-refractivity contribution in [3.63, 3.8) is 0 Å². The van der Waals surface area contributed by atoms with Crippen LogP contribution in [0.1, 0.15) is 16.7 Å². The highest BCUT2D eigenvalue weighted by molar-refractivity contribution is 5.56. The van der Waals surface area contributed by atoms with Gasteiger partial charge in [0.1, 0.15) is 39.8 Å². The molecule has 3 aromatic rings. The van der Waals surface area contributed by atoms with E-state index in [-0.39, 0.29) is 24.3 Å². The van der Waals surface area contributed by atoms with Gasteiger partial charge in [0, 0.05) is 23.5 Å². The Morgan fingerprint density at radius 1 is 0.500 bits per heavy atom. The van der Waals surface area contributed by atoms with E-state index in [1.165, 1.54) is 0 Å². The molecule has 0 aliphatic heterocycles. The van der Waals surface area contributed by atoms with Crippen molar-refractivity contribution in [3.8, 4) is 23.0 Å². The normalized spacial score (nSPS) is 12.6. The second kappa shape index (κ2) is 9.36. The summed E-state index contributed by atoms with van der Waals surface area (Å²) in [6, 6.07) is 0.0572. The number of hydrogen-bond donors (Lipinski definition) is 2. The van der Waals surface area contributed by atoms with Crippen LogP contribution in [0.25, 0.3) is 0 Å². The third-order valence-electron chi connectivity index (χ3n) is 4.58. The van der Waals surface area contributed by atoms with E-state index in [4.69, 9.17) is 11.5 Å². The molecule has 0 bridgehead atoms. The van der Waals surface area contributed by atoms with Crippen LogP contribution in [0.2, 0.25) is 0 Å². The first-order chi connectivity index (χ1) is 17.2. The van der Waals surface area contributed by atoms with Crippen LogP contribution in [-0.2, 0) is 18.5 Å². The van der Waals surface area contributed by atoms with Gasteiger partial charge in [-0.15, -0.1) is 0 Å². The molecule has 0 aromatic heterocycles. The lowest BCUT2D eigenvalue weighted by Crippen LogP contribution is -2.15. The molecule has 0 atom stereocenters. The molecule has 0 saturated carbocycles. The zero-order valence-corrected chi connectivity index (χ0v) is 17.8. The monoisotopic (exact) mass is 568 g/mol. The van der Waals surface area contributed by atoms with Gasteiger partial charge in [-0.3, -0.25) is 0 Å². The summed E-state index contributed by atoms with van der Waals surface area (Å²) < 4.78 is 187. The van der Waals surface area contributed by atoms with E-state index in [1.54, 1.807) is 0 Å². The van der Waals surface area contributed by atoms with Crippen molar-refractivity contribution < 1.29 is 66.5 Å². The van der Waals surface area contributed by atoms with E-state index in [2.05, 4.69) is 9.47 Å². The number of nitrogen functional groups attached to an aromatic ring is 2. The number of alkyl halides is 9. The van der Waals surface area contributed by atoms with E-state index >= 15 is 4.39 Å². The lowest BCUT2D eigenvalue weighted by molar-refractivity contribution is -0.142. The van der Waals surface area contributed by atoms with E-state index < -0.39 is 98.9 Å². The Labute approximate surface area is 202 Å². The smallest absolute Gasteiger partial charge is 0.422 e. The minimum Gasteiger partial charge on any atom is -0.453 e. The average molecular weight is 568 g/mol. The molecule has 3 aromatic carbocycles. The third-order valence-corrected chi connectivity index (χ3v) is 4.58. The van der Waals surface area contributed by atoms with Crippen molar-refractivity contribution in [2.45, 2.75) is 18.5 Å². The highest BCUT2D eigenvalue weighted by atomic mass is 19.4. The molecule has 0 amide bonds. The van der Waals surface area contributed by atoms with Gasteiger partial charge in [0.25, 0.3) is 0 Å². The van der Waals surface area contributed by atoms with Crippen LogP contribution in [0.4, 0.5) is 68.5 Å². The summed E-state index contributed by atoms with van der Waals surface area (Å²) in [6.45, 7) is 0. The zero-order chi connectivity index (χ0) is 29.0. The summed E-state index contributed by atoms with van der Waals surface area (Å²) >= 11 is 0. The Morgan fingerprint density at radius 2 is 0.895 bits per heavy atom. The second-order valence-corrected chi connectivity index (χ2v) is 7.33. The largest absolute Gasteiger partial charge is 0.453 e. The Balaban J connectivity index is 2.30. The topological polar surface area (TPSA) is 70.5 Å². The molecule has 3 rings (SSSR count). The summed E-state index contributed by atoms with van der Waals surface area (Å²) in [7, 11) is 0. The number of benzene rings is 3. The number of nitrogens with two attached hydrogens (primary N) is 2. The van der Waals surface area contributed by atoms with Crippen molar-refractivity contribution in [2.24, 2.45) is 0 Å². The Bertz CT molecular complexity index is 1400. The number of hydrogen-bond acceptors (Lipinski definition) is 4. The Hall–Kier alpha value is -4.05. The Morgan fingerprint density at radius 3 is 1.26 bits per heavy atom. The summed E-state index contributed by atoms with van der Waals surface area (Å²) in [5.41, 5.74) is 1.75. The summed E-state index contributed by atoms with van der Waals surface area (Å²) in [5.74, 6) is -17.1. The fraction of sp³-hybridized carbons (Fsp3) is 0.143. The summed E-state index contributed by atoms with van der Waals surface area (Å²) in [6.07, 6.45) is -17.0. The van der Waals surface area contributed by atoms with Gasteiger partial charge in [-0.25, -0.2) is 13.2 Å². The third kappa shape index (κ3) is 5.60. The molecule has 0 unspecified atom stereocenters. The maximum absolute atomic E-state index is 15.2. The molecule has 206 valence electrons. The highest BCUT2D eigenvalue weighted by Gasteiger charge is 2.43. The molecule has 0 aliphatic rings. The quantitative estimate of drug-likeness (QED) is 0.247. The number of halogens is 13. The van der Waals surface area contributed by atoms with Crippen LogP contribution in [0.15, 0.2) is 30.3 Å². The fourth-order valence-corrected chi connectivity index (χ4v) is 3.12. The molecule has 38 heavy (non-hydrogen) atoms. The zero-order valence-electron chi connectivity index (χ0n) is 17.8. The molecule has 0 aliphatic carbocycles. The van der Waals surface area contributed by atoms with Crippen LogP contribution >= 0.6 is 0 Å². The maximum Gasteiger partial charge on any atom is 0.422 e. The van der Waals surface area contributed by atoms with Crippen molar-refractivity contribution in [3.05, 3.63) is 70.3 Å². The van der Waals surface area contributed by atoms with Gasteiger partial charge in [-0.2, -0.15) is 43.9 Å². The number of anilines is 2. The first kappa shape index (κ1) is 28.5. The van der Waals surface area contributed by atoms with Crippen LogP contribution < -0.4 is 20.9 Å². The van der Waals surface area contributed by atoms with Gasteiger partial charge in [0.05, 0.1) is 0 Å². The first-order valence-corrected chi connectivity index (χ1v) is 9.49. The van der Waals surface area contributed by atoms with Crippen molar-refractivity contribution in [1.29, 1.82) is 0 Å². The molecule has 0 fully saturated rings. The van der Waals surface area contributed by atoms with Gasteiger partial charge in [-0.1, -0.05) is 0 Å². The standard InChI is InChI=1S/C21H9F13N2O2/c22-9-1-6(35)3-12(14(9)20(29,30)31)37-17-8(19(26,27)28)5-11(24)18(16(17)25)38-13-4-7(36)2-10(23)15(13)21(32,33)34/h1-5H,35-36H2. The molecule has 4 N–H and O–H groups in total. The molecular formula is C21H9F13N2O2. The SMILES string of the molecule is Nc1cc(F)c(C(F)(F)F)c(Oc2c(F)cc(C(F)(F)F)c(Oc3cc(N)cc(F)c3C(F)(F)F)c2F)c1. The fourth-order valence-electron chi connectivity index (χ4n) is 3.12. The van der Waals surface area contributed by atoms with Crippen LogP contribution in [-0.4, -0.2) is 0 Å². The van der Waals surface area contributed by atoms with Crippen LogP contribution in [0.5, 0.6) is 23.0 Å². The summed E-state index contributed by atoms with van der Waals surface area (Å²) in [5, 5.41) is 0. The van der Waals surface area contributed by atoms with Crippen molar-refractivity contribution in [1.82, 2.24) is 0 Å². The molecular weight excluding hydrogens is 559 g/mol. The Kier molecular flexibility index (Phi) is 7.02. The maximum atomic E-state index is 15.2. The lowest BCUT2D eigenvalue weighted by Gasteiger charge is -2.21. The van der Waals surface area contributed by atoms with Gasteiger partial charge in [-0.05, 0) is 18.2 Å². The molecule has 0 spiro atoms. The minimum absolute atomic E-state index is 0.114. The van der Waals surface area contributed by atoms with Crippen LogP contribution in [0, 0.1) is 23.3 Å². The van der Waals surface area contributed by atoms with Gasteiger partial charge >= 0.3 is 18.5 Å². The lowest BCUT2D eigenvalue weighted by atomic mass is 10.1.